The van der Waals surface area contributed by atoms with Gasteiger partial charge in [0, 0.05) is 12.6 Å². The van der Waals surface area contributed by atoms with Crippen molar-refractivity contribution < 1.29 is 9.32 Å². The van der Waals surface area contributed by atoms with Crippen LogP contribution in [0.1, 0.15) is 35.9 Å². The fourth-order valence-corrected chi connectivity index (χ4v) is 3.04. The highest BCUT2D eigenvalue weighted by Gasteiger charge is 2.32. The number of benzene rings is 1. The molecule has 0 aliphatic carbocycles. The second-order valence-electron chi connectivity index (χ2n) is 5.64. The monoisotopic (exact) mass is 319 g/mol. The first-order chi connectivity index (χ1) is 10.5. The molecule has 1 aromatic heterocycles. The van der Waals surface area contributed by atoms with Gasteiger partial charge in [0.1, 0.15) is 0 Å². The Morgan fingerprint density at radius 3 is 2.91 bits per heavy atom. The van der Waals surface area contributed by atoms with E-state index in [1.165, 1.54) is 0 Å². The summed E-state index contributed by atoms with van der Waals surface area (Å²) < 4.78 is 5.32. The molecule has 0 radical (unpaired) electrons. The molecule has 0 spiro atoms. The number of urea groups is 1. The highest BCUT2D eigenvalue weighted by molar-refractivity contribution is 6.33. The summed E-state index contributed by atoms with van der Waals surface area (Å²) in [5.74, 6) is 0.736. The maximum Gasteiger partial charge on any atom is 0.322 e. The summed E-state index contributed by atoms with van der Waals surface area (Å²) in [5.41, 5.74) is 2.50. The molecule has 116 valence electrons. The summed E-state index contributed by atoms with van der Waals surface area (Å²) in [4.78, 5) is 14.3. The molecule has 1 aliphatic rings. The summed E-state index contributed by atoms with van der Waals surface area (Å²) in [6, 6.07) is 7.22. The molecule has 6 heteroatoms. The average Bonchev–Trinajstić information content (AvgIpc) is 3.10. The summed E-state index contributed by atoms with van der Waals surface area (Å²) in [5, 5.41) is 7.33. The average molecular weight is 320 g/mol. The number of aryl methyl sites for hydroxylation is 2. The van der Waals surface area contributed by atoms with Crippen LogP contribution in [0, 0.1) is 13.8 Å². The number of halogens is 1. The van der Waals surface area contributed by atoms with E-state index in [4.69, 9.17) is 16.1 Å². The van der Waals surface area contributed by atoms with Gasteiger partial charge in [-0.25, -0.2) is 4.79 Å². The van der Waals surface area contributed by atoms with Crippen LogP contribution in [0.3, 0.4) is 0 Å². The molecule has 5 nitrogen and oxygen atoms in total. The van der Waals surface area contributed by atoms with Gasteiger partial charge in [0.2, 0.25) is 0 Å². The minimum atomic E-state index is -0.165. The van der Waals surface area contributed by atoms with E-state index in [1.807, 2.05) is 38.1 Å². The van der Waals surface area contributed by atoms with Gasteiger partial charge >= 0.3 is 6.03 Å². The van der Waals surface area contributed by atoms with E-state index in [9.17, 15) is 4.79 Å². The third-order valence-corrected chi connectivity index (χ3v) is 4.17. The normalized spacial score (nSPS) is 17.8. The number of carbonyl (C=O) groups excluding carboxylic acids is 1. The number of likely N-dealkylation sites (tertiary alicyclic amines) is 1. The van der Waals surface area contributed by atoms with Crippen LogP contribution in [-0.4, -0.2) is 22.6 Å². The van der Waals surface area contributed by atoms with Crippen molar-refractivity contribution in [3.05, 3.63) is 46.3 Å². The van der Waals surface area contributed by atoms with Gasteiger partial charge < -0.3 is 14.7 Å². The number of hydrogen-bond donors (Lipinski definition) is 1. The van der Waals surface area contributed by atoms with Crippen molar-refractivity contribution in [2.45, 2.75) is 32.7 Å². The summed E-state index contributed by atoms with van der Waals surface area (Å²) in [6.07, 6.45) is 1.82. The van der Waals surface area contributed by atoms with Crippen molar-refractivity contribution >= 4 is 23.3 Å². The first-order valence-corrected chi connectivity index (χ1v) is 7.69. The lowest BCUT2D eigenvalue weighted by Crippen LogP contribution is -2.34. The van der Waals surface area contributed by atoms with Gasteiger partial charge in [0.15, 0.2) is 5.76 Å². The highest BCUT2D eigenvalue weighted by atomic mass is 35.5. The number of rotatable bonds is 2. The molecule has 1 aliphatic heterocycles. The minimum Gasteiger partial charge on any atom is -0.359 e. The predicted octanol–water partition coefficient (Wildman–Crippen LogP) is 4.31. The molecule has 0 saturated carbocycles. The van der Waals surface area contributed by atoms with E-state index in [-0.39, 0.29) is 12.1 Å². The summed E-state index contributed by atoms with van der Waals surface area (Å²) in [7, 11) is 0. The molecular weight excluding hydrogens is 302 g/mol. The fraction of sp³-hybridized carbons (Fsp3) is 0.375. The molecule has 1 atom stereocenters. The van der Waals surface area contributed by atoms with Gasteiger partial charge in [-0.1, -0.05) is 22.8 Å². The standard InChI is InChI=1S/C16H18ClN3O2/c1-10-5-6-13(12(17)8-10)18-16(21)20-7-3-4-14(20)15-9-11(2)19-22-15/h5-6,8-9,14H,3-4,7H2,1-2H3,(H,18,21). The van der Waals surface area contributed by atoms with Crippen molar-refractivity contribution in [3.63, 3.8) is 0 Å². The van der Waals surface area contributed by atoms with Crippen molar-refractivity contribution in [2.75, 3.05) is 11.9 Å². The van der Waals surface area contributed by atoms with E-state index in [2.05, 4.69) is 10.5 Å². The Hall–Kier alpha value is -2.01. The number of nitrogens with zero attached hydrogens (tertiary/aromatic N) is 2. The Balaban J connectivity index is 1.76. The molecule has 2 aromatic rings. The molecule has 0 bridgehead atoms. The maximum atomic E-state index is 12.5. The second-order valence-corrected chi connectivity index (χ2v) is 6.04. The summed E-state index contributed by atoms with van der Waals surface area (Å²) in [6.45, 7) is 4.53. The third-order valence-electron chi connectivity index (χ3n) is 3.85. The molecule has 22 heavy (non-hydrogen) atoms. The fourth-order valence-electron chi connectivity index (χ4n) is 2.75. The van der Waals surface area contributed by atoms with Crippen LogP contribution in [-0.2, 0) is 0 Å². The van der Waals surface area contributed by atoms with Gasteiger partial charge in [-0.2, -0.15) is 0 Å². The van der Waals surface area contributed by atoms with Crippen LogP contribution in [0.2, 0.25) is 5.02 Å². The minimum absolute atomic E-state index is 0.0644. The van der Waals surface area contributed by atoms with E-state index in [0.717, 1.165) is 29.9 Å². The molecule has 1 fully saturated rings. The van der Waals surface area contributed by atoms with Crippen LogP contribution >= 0.6 is 11.6 Å². The van der Waals surface area contributed by atoms with E-state index < -0.39 is 0 Å². The lowest BCUT2D eigenvalue weighted by atomic mass is 10.1. The van der Waals surface area contributed by atoms with Crippen LogP contribution in [0.15, 0.2) is 28.8 Å². The lowest BCUT2D eigenvalue weighted by molar-refractivity contribution is 0.195. The van der Waals surface area contributed by atoms with E-state index >= 15 is 0 Å². The number of amides is 2. The maximum absolute atomic E-state index is 12.5. The molecular formula is C16H18ClN3O2. The van der Waals surface area contributed by atoms with Crippen LogP contribution in [0.4, 0.5) is 10.5 Å². The van der Waals surface area contributed by atoms with Crippen molar-refractivity contribution in [2.24, 2.45) is 0 Å². The highest BCUT2D eigenvalue weighted by Crippen LogP contribution is 2.33. The number of anilines is 1. The Labute approximate surface area is 134 Å². The molecule has 2 amide bonds. The predicted molar refractivity (Wildman–Crippen MR) is 85.1 cm³/mol. The zero-order valence-corrected chi connectivity index (χ0v) is 13.4. The number of nitrogens with one attached hydrogen (secondary N) is 1. The molecule has 1 aromatic carbocycles. The quantitative estimate of drug-likeness (QED) is 0.897. The Kier molecular flexibility index (Phi) is 4.07. The summed E-state index contributed by atoms with van der Waals surface area (Å²) >= 11 is 6.18. The molecule has 1 unspecified atom stereocenters. The zero-order chi connectivity index (χ0) is 15.7. The number of aromatic nitrogens is 1. The van der Waals surface area contributed by atoms with Crippen LogP contribution < -0.4 is 5.32 Å². The van der Waals surface area contributed by atoms with Crippen LogP contribution in [0.5, 0.6) is 0 Å². The van der Waals surface area contributed by atoms with E-state index in [1.54, 1.807) is 4.90 Å². The molecule has 3 rings (SSSR count). The topological polar surface area (TPSA) is 58.4 Å². The smallest absolute Gasteiger partial charge is 0.322 e. The molecule has 1 N–H and O–H groups in total. The Morgan fingerprint density at radius 1 is 1.41 bits per heavy atom. The van der Waals surface area contributed by atoms with Crippen LogP contribution in [0.25, 0.3) is 0 Å². The largest absolute Gasteiger partial charge is 0.359 e. The third kappa shape index (κ3) is 2.95. The van der Waals surface area contributed by atoms with Crippen molar-refractivity contribution in [3.8, 4) is 0 Å². The van der Waals surface area contributed by atoms with Crippen molar-refractivity contribution in [1.82, 2.24) is 10.1 Å². The molecule has 2 heterocycles. The Bertz CT molecular complexity index is 698. The van der Waals surface area contributed by atoms with Gasteiger partial charge in [0.25, 0.3) is 0 Å². The lowest BCUT2D eigenvalue weighted by Gasteiger charge is -2.23. The SMILES string of the molecule is Cc1ccc(NC(=O)N2CCCC2c2cc(C)no2)c(Cl)c1. The first-order valence-electron chi connectivity index (χ1n) is 7.31. The van der Waals surface area contributed by atoms with E-state index in [0.29, 0.717) is 17.3 Å². The zero-order valence-electron chi connectivity index (χ0n) is 12.6. The number of hydrogen-bond acceptors (Lipinski definition) is 3. The van der Waals surface area contributed by atoms with Gasteiger partial charge in [-0.05, 0) is 44.4 Å². The van der Waals surface area contributed by atoms with Crippen molar-refractivity contribution in [1.29, 1.82) is 0 Å². The van der Waals surface area contributed by atoms with Gasteiger partial charge in [-0.15, -0.1) is 0 Å². The first kappa shape index (κ1) is 14.9. The second kappa shape index (κ2) is 6.01. The van der Waals surface area contributed by atoms with Gasteiger partial charge in [0.05, 0.1) is 22.4 Å². The Morgan fingerprint density at radius 2 is 2.23 bits per heavy atom. The molecule has 1 saturated heterocycles. The van der Waals surface area contributed by atoms with Gasteiger partial charge in [-0.3, -0.25) is 0 Å². The number of carbonyl (C=O) groups is 1.